The van der Waals surface area contributed by atoms with Crippen LogP contribution in [0.25, 0.3) is 0 Å². The van der Waals surface area contributed by atoms with Crippen LogP contribution in [0.5, 0.6) is 0 Å². The van der Waals surface area contributed by atoms with Gasteiger partial charge in [0.1, 0.15) is 0 Å². The second kappa shape index (κ2) is 6.81. The Kier molecular flexibility index (Phi) is 5.07. The first-order valence-electron chi connectivity index (χ1n) is 6.53. The van der Waals surface area contributed by atoms with Gasteiger partial charge in [-0.15, -0.1) is 12.4 Å². The summed E-state index contributed by atoms with van der Waals surface area (Å²) in [7, 11) is -2.18. The molecule has 0 aliphatic heterocycles. The van der Waals surface area contributed by atoms with E-state index in [1.54, 1.807) is 0 Å². The normalized spacial score (nSPS) is 11.5. The zero-order chi connectivity index (χ0) is 13.8. The van der Waals surface area contributed by atoms with E-state index in [-0.39, 0.29) is 12.4 Å². The third kappa shape index (κ3) is 2.98. The Morgan fingerprint density at radius 2 is 0.714 bits per heavy atom. The Morgan fingerprint density at radius 3 is 0.952 bits per heavy atom. The third-order valence-corrected chi connectivity index (χ3v) is 6.12. The van der Waals surface area contributed by atoms with Crippen LogP contribution in [0.1, 0.15) is 0 Å². The second-order valence-electron chi connectivity index (χ2n) is 4.52. The molecule has 0 amide bonds. The van der Waals surface area contributed by atoms with Gasteiger partial charge in [0.05, 0.1) is 0 Å². The molecule has 3 aromatic rings. The minimum Gasteiger partial charge on any atom is -0.338 e. The van der Waals surface area contributed by atoms with E-state index in [4.69, 9.17) is 0 Å². The van der Waals surface area contributed by atoms with Gasteiger partial charge >= 0.3 is 0 Å². The van der Waals surface area contributed by atoms with Crippen LogP contribution in [0.2, 0.25) is 0 Å². The van der Waals surface area contributed by atoms with Gasteiger partial charge in [0, 0.05) is 14.7 Å². The quantitative estimate of drug-likeness (QED) is 0.641. The van der Waals surface area contributed by atoms with Crippen LogP contribution >= 0.6 is 22.7 Å². The van der Waals surface area contributed by atoms with Crippen molar-refractivity contribution in [2.75, 3.05) is 0 Å². The fourth-order valence-corrected chi connectivity index (χ4v) is 4.73. The summed E-state index contributed by atoms with van der Waals surface area (Å²) in [6.07, 6.45) is 0. The maximum atomic E-state index is 11.5. The van der Waals surface area contributed by atoms with E-state index in [1.807, 2.05) is 91.0 Å². The van der Waals surface area contributed by atoms with Gasteiger partial charge in [-0.05, 0) is 36.4 Å². The highest BCUT2D eigenvalue weighted by Crippen LogP contribution is 2.64. The van der Waals surface area contributed by atoms with Crippen molar-refractivity contribution in [2.24, 2.45) is 0 Å². The molecule has 3 aromatic carbocycles. The average molecular weight is 317 g/mol. The van der Waals surface area contributed by atoms with E-state index in [9.17, 15) is 4.55 Å². The third-order valence-electron chi connectivity index (χ3n) is 3.25. The molecule has 108 valence electrons. The Bertz CT molecular complexity index is 575. The van der Waals surface area contributed by atoms with Crippen molar-refractivity contribution in [1.82, 2.24) is 0 Å². The van der Waals surface area contributed by atoms with E-state index < -0.39 is 10.3 Å². The standard InChI is InChI=1S/C18H16OS.ClH/c19-20(16-10-4-1-5-11-16,17-12-6-2-7-13-17)18-14-8-3-9-15-18;/h1-15,19H;1H. The molecule has 0 bridgehead atoms. The van der Waals surface area contributed by atoms with Crippen molar-refractivity contribution in [3.63, 3.8) is 0 Å². The lowest BCUT2D eigenvalue weighted by atomic mass is 10.4. The fourth-order valence-electron chi connectivity index (χ4n) is 2.26. The summed E-state index contributed by atoms with van der Waals surface area (Å²) >= 11 is 0. The van der Waals surface area contributed by atoms with Crippen molar-refractivity contribution >= 4 is 22.7 Å². The van der Waals surface area contributed by atoms with Crippen LogP contribution in [-0.4, -0.2) is 4.55 Å². The molecular formula is C18H17ClOS. The first kappa shape index (κ1) is 15.6. The van der Waals surface area contributed by atoms with E-state index in [0.717, 1.165) is 14.7 Å². The van der Waals surface area contributed by atoms with Crippen LogP contribution < -0.4 is 0 Å². The van der Waals surface area contributed by atoms with Crippen LogP contribution in [0.3, 0.4) is 0 Å². The maximum Gasteiger partial charge on any atom is 0.0213 e. The number of halogens is 1. The van der Waals surface area contributed by atoms with E-state index in [2.05, 4.69) is 0 Å². The molecule has 0 aliphatic carbocycles. The number of hydrogen-bond donors (Lipinski definition) is 1. The zero-order valence-electron chi connectivity index (χ0n) is 11.4. The number of hydrogen-bond acceptors (Lipinski definition) is 1. The SMILES string of the molecule is Cl.OS(c1ccccc1)(c1ccccc1)c1ccccc1. The van der Waals surface area contributed by atoms with Crippen molar-refractivity contribution in [1.29, 1.82) is 0 Å². The summed E-state index contributed by atoms with van der Waals surface area (Å²) in [6.45, 7) is 0. The fraction of sp³-hybridized carbons (Fsp3) is 0. The molecule has 0 fully saturated rings. The summed E-state index contributed by atoms with van der Waals surface area (Å²) in [5.41, 5.74) is 0. The van der Waals surface area contributed by atoms with Gasteiger partial charge in [0.2, 0.25) is 0 Å². The second-order valence-corrected chi connectivity index (χ2v) is 7.09. The van der Waals surface area contributed by atoms with Crippen LogP contribution in [0.4, 0.5) is 0 Å². The molecule has 21 heavy (non-hydrogen) atoms. The van der Waals surface area contributed by atoms with Crippen molar-refractivity contribution in [2.45, 2.75) is 14.7 Å². The topological polar surface area (TPSA) is 20.2 Å². The first-order chi connectivity index (χ1) is 9.82. The highest BCUT2D eigenvalue weighted by Gasteiger charge is 2.27. The largest absolute Gasteiger partial charge is 0.338 e. The molecule has 0 saturated carbocycles. The van der Waals surface area contributed by atoms with Crippen molar-refractivity contribution in [3.05, 3.63) is 91.0 Å². The predicted molar refractivity (Wildman–Crippen MR) is 91.6 cm³/mol. The van der Waals surface area contributed by atoms with Crippen LogP contribution in [0, 0.1) is 0 Å². The molecule has 0 saturated heterocycles. The smallest absolute Gasteiger partial charge is 0.0213 e. The molecule has 1 nitrogen and oxygen atoms in total. The number of benzene rings is 3. The lowest BCUT2D eigenvalue weighted by molar-refractivity contribution is 0.623. The minimum absolute atomic E-state index is 0. The monoisotopic (exact) mass is 316 g/mol. The number of rotatable bonds is 3. The summed E-state index contributed by atoms with van der Waals surface area (Å²) in [5, 5.41) is 0. The van der Waals surface area contributed by atoms with Gasteiger partial charge in [0.15, 0.2) is 0 Å². The van der Waals surface area contributed by atoms with Gasteiger partial charge in [0.25, 0.3) is 0 Å². The van der Waals surface area contributed by atoms with Gasteiger partial charge in [-0.25, -0.2) is 0 Å². The zero-order valence-corrected chi connectivity index (χ0v) is 13.1. The molecule has 0 atom stereocenters. The maximum absolute atomic E-state index is 11.5. The van der Waals surface area contributed by atoms with Crippen molar-refractivity contribution in [3.8, 4) is 0 Å². The lowest BCUT2D eigenvalue weighted by Gasteiger charge is -2.35. The van der Waals surface area contributed by atoms with E-state index in [1.165, 1.54) is 0 Å². The Morgan fingerprint density at radius 1 is 0.476 bits per heavy atom. The summed E-state index contributed by atoms with van der Waals surface area (Å²) in [5.74, 6) is 0. The molecule has 1 N–H and O–H groups in total. The van der Waals surface area contributed by atoms with Crippen LogP contribution in [0.15, 0.2) is 106 Å². The summed E-state index contributed by atoms with van der Waals surface area (Å²) in [6, 6.07) is 29.7. The van der Waals surface area contributed by atoms with Gasteiger partial charge in [-0.2, -0.15) is 0 Å². The highest BCUT2D eigenvalue weighted by atomic mass is 35.5. The van der Waals surface area contributed by atoms with Gasteiger partial charge in [-0.3, -0.25) is 0 Å². The van der Waals surface area contributed by atoms with E-state index >= 15 is 0 Å². The molecule has 0 heterocycles. The lowest BCUT2D eigenvalue weighted by Crippen LogP contribution is -2.01. The molecule has 0 aliphatic rings. The molecule has 0 radical (unpaired) electrons. The Balaban J connectivity index is 0.00000161. The first-order valence-corrected chi connectivity index (χ1v) is 8.12. The van der Waals surface area contributed by atoms with Gasteiger partial charge in [-0.1, -0.05) is 64.9 Å². The molecule has 3 heteroatoms. The average Bonchev–Trinajstić information content (AvgIpc) is 2.56. The van der Waals surface area contributed by atoms with Crippen LogP contribution in [-0.2, 0) is 0 Å². The molecule has 3 rings (SSSR count). The van der Waals surface area contributed by atoms with Crippen molar-refractivity contribution < 1.29 is 4.55 Å². The Hall–Kier alpha value is -1.74. The minimum atomic E-state index is -2.18. The molecule has 0 unspecified atom stereocenters. The predicted octanol–water partition coefficient (Wildman–Crippen LogP) is 5.86. The molecular weight excluding hydrogens is 300 g/mol. The highest BCUT2D eigenvalue weighted by molar-refractivity contribution is 8.29. The summed E-state index contributed by atoms with van der Waals surface area (Å²) in [4.78, 5) is 2.87. The van der Waals surface area contributed by atoms with E-state index in [0.29, 0.717) is 0 Å². The molecule has 0 spiro atoms. The Labute approximate surface area is 133 Å². The van der Waals surface area contributed by atoms with Gasteiger partial charge < -0.3 is 4.55 Å². The summed E-state index contributed by atoms with van der Waals surface area (Å²) < 4.78 is 11.5. The molecule has 0 aromatic heterocycles.